The van der Waals surface area contributed by atoms with Crippen LogP contribution in [0.3, 0.4) is 0 Å². The lowest BCUT2D eigenvalue weighted by Crippen LogP contribution is -1.96. The Morgan fingerprint density at radius 2 is 1.68 bits per heavy atom. The number of hydrogen-bond acceptors (Lipinski definition) is 2. The largest absolute Gasteiger partial charge is 0.508 e. The van der Waals surface area contributed by atoms with Crippen LogP contribution in [0.15, 0.2) is 12.1 Å². The molecule has 0 unspecified atom stereocenters. The molecule has 0 spiro atoms. The summed E-state index contributed by atoms with van der Waals surface area (Å²) >= 11 is 0. The number of aromatic hydroxyl groups is 1. The van der Waals surface area contributed by atoms with Gasteiger partial charge in [-0.3, -0.25) is 4.98 Å². The molecule has 0 aliphatic heterocycles. The first kappa shape index (κ1) is 15.9. The number of alkyl halides is 2. The first-order valence-corrected chi connectivity index (χ1v) is 7.11. The van der Waals surface area contributed by atoms with Gasteiger partial charge in [-0.25, -0.2) is 8.78 Å². The van der Waals surface area contributed by atoms with Crippen LogP contribution in [0.1, 0.15) is 69.7 Å². The molecule has 1 N–H and O–H groups in total. The zero-order chi connectivity index (χ0) is 14.1. The molecule has 0 fully saturated rings. The van der Waals surface area contributed by atoms with Crippen molar-refractivity contribution in [2.24, 2.45) is 0 Å². The molecule has 0 aliphatic carbocycles. The minimum absolute atomic E-state index is 0.122. The number of aromatic nitrogens is 1. The van der Waals surface area contributed by atoms with E-state index in [1.54, 1.807) is 0 Å². The number of nitrogens with zero attached hydrogens (tertiary/aromatic N) is 1. The zero-order valence-corrected chi connectivity index (χ0v) is 11.5. The van der Waals surface area contributed by atoms with Crippen LogP contribution in [0.2, 0.25) is 0 Å². The van der Waals surface area contributed by atoms with Crippen molar-refractivity contribution < 1.29 is 13.9 Å². The van der Waals surface area contributed by atoms with E-state index in [4.69, 9.17) is 0 Å². The molecule has 1 aromatic rings. The standard InChI is InChI=1S/C15H23F2NO/c1-2-3-4-5-6-7-8-9-12-10-13(19)11-14(18-12)15(16)17/h10-11,15H,2-9H2,1H3,(H,18,19). The summed E-state index contributed by atoms with van der Waals surface area (Å²) in [7, 11) is 0. The van der Waals surface area contributed by atoms with Crippen molar-refractivity contribution in [3.63, 3.8) is 0 Å². The van der Waals surface area contributed by atoms with Crippen LogP contribution in [0.25, 0.3) is 0 Å². The van der Waals surface area contributed by atoms with E-state index in [0.29, 0.717) is 12.1 Å². The molecule has 0 atom stereocenters. The van der Waals surface area contributed by atoms with Crippen molar-refractivity contribution in [1.82, 2.24) is 4.98 Å². The second-order valence-electron chi connectivity index (χ2n) is 4.91. The van der Waals surface area contributed by atoms with Crippen LogP contribution in [0.4, 0.5) is 8.78 Å². The molecule has 0 radical (unpaired) electrons. The molecule has 4 heteroatoms. The molecule has 0 aliphatic rings. The Morgan fingerprint density at radius 1 is 1.05 bits per heavy atom. The summed E-state index contributed by atoms with van der Waals surface area (Å²) in [4.78, 5) is 3.87. The first-order chi connectivity index (χ1) is 9.13. The van der Waals surface area contributed by atoms with Gasteiger partial charge in [0.1, 0.15) is 11.4 Å². The number of pyridine rings is 1. The van der Waals surface area contributed by atoms with Crippen molar-refractivity contribution in [2.45, 2.75) is 64.7 Å². The van der Waals surface area contributed by atoms with Crippen molar-refractivity contribution in [1.29, 1.82) is 0 Å². The van der Waals surface area contributed by atoms with Crippen molar-refractivity contribution in [3.8, 4) is 5.75 Å². The molecule has 19 heavy (non-hydrogen) atoms. The Hall–Kier alpha value is -1.19. The van der Waals surface area contributed by atoms with E-state index in [1.807, 2.05) is 0 Å². The van der Waals surface area contributed by atoms with E-state index < -0.39 is 6.43 Å². The molecule has 0 saturated carbocycles. The van der Waals surface area contributed by atoms with E-state index in [1.165, 1.54) is 38.2 Å². The van der Waals surface area contributed by atoms with Gasteiger partial charge in [0.05, 0.1) is 0 Å². The summed E-state index contributed by atoms with van der Waals surface area (Å²) in [5, 5.41) is 9.37. The molecule has 1 aromatic heterocycles. The summed E-state index contributed by atoms with van der Waals surface area (Å²) in [6, 6.07) is 2.50. The molecular weight excluding hydrogens is 248 g/mol. The van der Waals surface area contributed by atoms with Crippen LogP contribution in [-0.2, 0) is 6.42 Å². The smallest absolute Gasteiger partial charge is 0.280 e. The van der Waals surface area contributed by atoms with E-state index in [0.717, 1.165) is 18.9 Å². The monoisotopic (exact) mass is 271 g/mol. The number of unbranched alkanes of at least 4 members (excludes halogenated alkanes) is 6. The molecule has 0 aromatic carbocycles. The maximum atomic E-state index is 12.5. The van der Waals surface area contributed by atoms with Gasteiger partial charge in [-0.2, -0.15) is 0 Å². The Balaban J connectivity index is 2.29. The van der Waals surface area contributed by atoms with Gasteiger partial charge in [-0.1, -0.05) is 45.4 Å². The van der Waals surface area contributed by atoms with Crippen LogP contribution < -0.4 is 0 Å². The van der Waals surface area contributed by atoms with E-state index >= 15 is 0 Å². The van der Waals surface area contributed by atoms with Crippen molar-refractivity contribution in [2.75, 3.05) is 0 Å². The number of halogens is 2. The van der Waals surface area contributed by atoms with E-state index in [2.05, 4.69) is 11.9 Å². The van der Waals surface area contributed by atoms with Crippen molar-refractivity contribution >= 4 is 0 Å². The minimum atomic E-state index is -2.63. The fourth-order valence-electron chi connectivity index (χ4n) is 2.10. The average molecular weight is 271 g/mol. The third kappa shape index (κ3) is 6.50. The van der Waals surface area contributed by atoms with Gasteiger partial charge in [0.2, 0.25) is 0 Å². The van der Waals surface area contributed by atoms with Gasteiger partial charge < -0.3 is 5.11 Å². The normalized spacial score (nSPS) is 11.2. The Bertz CT molecular complexity index is 369. The molecule has 0 amide bonds. The molecular formula is C15H23F2NO. The molecule has 0 bridgehead atoms. The SMILES string of the molecule is CCCCCCCCCc1cc(O)cc(C(F)F)n1. The molecule has 1 rings (SSSR count). The van der Waals surface area contributed by atoms with Gasteiger partial charge in [0.25, 0.3) is 6.43 Å². The fraction of sp³-hybridized carbons (Fsp3) is 0.667. The Kier molecular flexibility index (Phi) is 7.38. The lowest BCUT2D eigenvalue weighted by molar-refractivity contribution is 0.145. The Morgan fingerprint density at radius 3 is 2.32 bits per heavy atom. The molecule has 0 saturated heterocycles. The summed E-state index contributed by atoms with van der Waals surface area (Å²) in [6.45, 7) is 2.19. The molecule has 2 nitrogen and oxygen atoms in total. The molecule has 1 heterocycles. The molecule has 108 valence electrons. The summed E-state index contributed by atoms with van der Waals surface area (Å²) in [5.41, 5.74) is 0.224. The van der Waals surface area contributed by atoms with Gasteiger partial charge in [-0.05, 0) is 12.8 Å². The third-order valence-corrected chi connectivity index (χ3v) is 3.14. The average Bonchev–Trinajstić information content (AvgIpc) is 2.37. The van der Waals surface area contributed by atoms with Crippen LogP contribution in [0.5, 0.6) is 5.75 Å². The predicted octanol–water partition coefficient (Wildman–Crippen LogP) is 5.02. The maximum Gasteiger partial charge on any atom is 0.280 e. The summed E-state index contributed by atoms with van der Waals surface area (Å²) in [5.74, 6) is -0.122. The van der Waals surface area contributed by atoms with Gasteiger partial charge in [0.15, 0.2) is 0 Å². The van der Waals surface area contributed by atoms with Gasteiger partial charge in [0, 0.05) is 17.8 Å². The van der Waals surface area contributed by atoms with E-state index in [9.17, 15) is 13.9 Å². The second kappa shape index (κ2) is 8.83. The predicted molar refractivity (Wildman–Crippen MR) is 72.6 cm³/mol. The lowest BCUT2D eigenvalue weighted by Gasteiger charge is -2.05. The lowest BCUT2D eigenvalue weighted by atomic mass is 10.1. The number of aryl methyl sites for hydroxylation is 1. The van der Waals surface area contributed by atoms with Crippen LogP contribution in [-0.4, -0.2) is 10.1 Å². The van der Waals surface area contributed by atoms with Crippen LogP contribution in [0, 0.1) is 0 Å². The quantitative estimate of drug-likeness (QED) is 0.640. The van der Waals surface area contributed by atoms with Crippen LogP contribution >= 0.6 is 0 Å². The Labute approximate surface area is 113 Å². The zero-order valence-electron chi connectivity index (χ0n) is 11.5. The topological polar surface area (TPSA) is 33.1 Å². The fourth-order valence-corrected chi connectivity index (χ4v) is 2.10. The summed E-state index contributed by atoms with van der Waals surface area (Å²) in [6.07, 6.45) is 6.27. The minimum Gasteiger partial charge on any atom is -0.508 e. The highest BCUT2D eigenvalue weighted by atomic mass is 19.3. The first-order valence-electron chi connectivity index (χ1n) is 7.11. The van der Waals surface area contributed by atoms with E-state index in [-0.39, 0.29) is 11.4 Å². The van der Waals surface area contributed by atoms with Gasteiger partial charge >= 0.3 is 0 Å². The highest BCUT2D eigenvalue weighted by Crippen LogP contribution is 2.22. The van der Waals surface area contributed by atoms with Crippen molar-refractivity contribution in [3.05, 3.63) is 23.5 Å². The second-order valence-corrected chi connectivity index (χ2v) is 4.91. The number of rotatable bonds is 9. The third-order valence-electron chi connectivity index (χ3n) is 3.14. The van der Waals surface area contributed by atoms with Gasteiger partial charge in [-0.15, -0.1) is 0 Å². The number of hydrogen-bond donors (Lipinski definition) is 1. The highest BCUT2D eigenvalue weighted by Gasteiger charge is 2.11. The summed E-state index contributed by atoms with van der Waals surface area (Å²) < 4.78 is 25.0. The maximum absolute atomic E-state index is 12.5. The highest BCUT2D eigenvalue weighted by molar-refractivity contribution is 5.26.